The monoisotopic (exact) mass is 260 g/mol. The predicted molar refractivity (Wildman–Crippen MR) is 76.5 cm³/mol. The summed E-state index contributed by atoms with van der Waals surface area (Å²) in [5.41, 5.74) is 8.28. The van der Waals surface area contributed by atoms with Crippen LogP contribution in [-0.4, -0.2) is 13.7 Å². The van der Waals surface area contributed by atoms with Crippen LogP contribution in [0, 0.1) is 5.82 Å². The van der Waals surface area contributed by atoms with E-state index in [4.69, 9.17) is 10.5 Å². The molecule has 2 aromatic rings. The standard InChI is InChI=1S/C15H17FN2O/c1-3-19-15-9-12(17)8-14(10-15)18(2)13-6-4-11(16)5-7-13/h4-10H,3,17H2,1-2H3. The number of hydrogen-bond acceptors (Lipinski definition) is 3. The number of nitrogen functional groups attached to an aromatic ring is 1. The van der Waals surface area contributed by atoms with Gasteiger partial charge in [0.15, 0.2) is 0 Å². The van der Waals surface area contributed by atoms with Crippen LogP contribution in [-0.2, 0) is 0 Å². The van der Waals surface area contributed by atoms with E-state index < -0.39 is 0 Å². The average molecular weight is 260 g/mol. The van der Waals surface area contributed by atoms with E-state index in [1.54, 1.807) is 18.2 Å². The van der Waals surface area contributed by atoms with Gasteiger partial charge in [-0.25, -0.2) is 4.39 Å². The highest BCUT2D eigenvalue weighted by molar-refractivity contribution is 5.68. The van der Waals surface area contributed by atoms with Crippen molar-refractivity contribution in [2.45, 2.75) is 6.92 Å². The van der Waals surface area contributed by atoms with Crippen molar-refractivity contribution in [1.29, 1.82) is 0 Å². The zero-order chi connectivity index (χ0) is 13.8. The maximum Gasteiger partial charge on any atom is 0.123 e. The Bertz CT molecular complexity index is 555. The number of hydrogen-bond donors (Lipinski definition) is 1. The van der Waals surface area contributed by atoms with E-state index in [-0.39, 0.29) is 5.82 Å². The molecule has 0 saturated carbocycles. The minimum Gasteiger partial charge on any atom is -0.494 e. The van der Waals surface area contributed by atoms with Crippen molar-refractivity contribution in [2.24, 2.45) is 0 Å². The molecule has 0 spiro atoms. The molecule has 0 aliphatic carbocycles. The molecule has 4 heteroatoms. The zero-order valence-electron chi connectivity index (χ0n) is 11.1. The largest absolute Gasteiger partial charge is 0.494 e. The molecule has 0 fully saturated rings. The van der Waals surface area contributed by atoms with Gasteiger partial charge in [-0.3, -0.25) is 0 Å². The van der Waals surface area contributed by atoms with Gasteiger partial charge in [0.1, 0.15) is 11.6 Å². The van der Waals surface area contributed by atoms with Gasteiger partial charge in [0.2, 0.25) is 0 Å². The Kier molecular flexibility index (Phi) is 3.90. The Morgan fingerprint density at radius 2 is 1.79 bits per heavy atom. The third-order valence-corrected chi connectivity index (χ3v) is 2.83. The molecule has 3 nitrogen and oxygen atoms in total. The Morgan fingerprint density at radius 1 is 1.11 bits per heavy atom. The second kappa shape index (κ2) is 5.61. The first-order valence-corrected chi connectivity index (χ1v) is 6.13. The first-order valence-electron chi connectivity index (χ1n) is 6.13. The lowest BCUT2D eigenvalue weighted by molar-refractivity contribution is 0.340. The molecule has 100 valence electrons. The fraction of sp³-hybridized carbons (Fsp3) is 0.200. The number of ether oxygens (including phenoxy) is 1. The average Bonchev–Trinajstić information content (AvgIpc) is 2.38. The summed E-state index contributed by atoms with van der Waals surface area (Å²) in [5, 5.41) is 0. The Hall–Kier alpha value is -2.23. The molecule has 0 saturated heterocycles. The summed E-state index contributed by atoms with van der Waals surface area (Å²) in [4.78, 5) is 1.93. The second-order valence-electron chi connectivity index (χ2n) is 4.23. The minimum atomic E-state index is -0.250. The van der Waals surface area contributed by atoms with E-state index in [0.717, 1.165) is 17.1 Å². The van der Waals surface area contributed by atoms with E-state index in [2.05, 4.69) is 0 Å². The van der Waals surface area contributed by atoms with Crippen molar-refractivity contribution >= 4 is 17.1 Å². The summed E-state index contributed by atoms with van der Waals surface area (Å²) in [7, 11) is 1.90. The number of nitrogens with zero attached hydrogens (tertiary/aromatic N) is 1. The number of anilines is 3. The maximum absolute atomic E-state index is 12.9. The normalized spacial score (nSPS) is 10.3. The lowest BCUT2D eigenvalue weighted by Crippen LogP contribution is -2.10. The molecular weight excluding hydrogens is 243 g/mol. The van der Waals surface area contributed by atoms with Crippen LogP contribution < -0.4 is 15.4 Å². The van der Waals surface area contributed by atoms with Gasteiger partial charge in [0, 0.05) is 36.2 Å². The van der Waals surface area contributed by atoms with Crippen LogP contribution in [0.4, 0.5) is 21.5 Å². The van der Waals surface area contributed by atoms with Crippen LogP contribution in [0.1, 0.15) is 6.92 Å². The highest BCUT2D eigenvalue weighted by Gasteiger charge is 2.07. The van der Waals surface area contributed by atoms with Crippen LogP contribution in [0.5, 0.6) is 5.75 Å². The number of halogens is 1. The number of rotatable bonds is 4. The predicted octanol–water partition coefficient (Wildman–Crippen LogP) is 3.57. The summed E-state index contributed by atoms with van der Waals surface area (Å²) in [6, 6.07) is 11.8. The van der Waals surface area contributed by atoms with E-state index in [9.17, 15) is 4.39 Å². The van der Waals surface area contributed by atoms with Crippen LogP contribution in [0.3, 0.4) is 0 Å². The summed E-state index contributed by atoms with van der Waals surface area (Å²) in [6.07, 6.45) is 0. The SMILES string of the molecule is CCOc1cc(N)cc(N(C)c2ccc(F)cc2)c1. The quantitative estimate of drug-likeness (QED) is 0.854. The molecule has 0 bridgehead atoms. The molecule has 0 aliphatic heterocycles. The number of benzene rings is 2. The van der Waals surface area contributed by atoms with Gasteiger partial charge >= 0.3 is 0 Å². The fourth-order valence-electron chi connectivity index (χ4n) is 1.86. The lowest BCUT2D eigenvalue weighted by atomic mass is 10.2. The molecule has 0 aromatic heterocycles. The van der Waals surface area contributed by atoms with Crippen LogP contribution >= 0.6 is 0 Å². The van der Waals surface area contributed by atoms with Crippen molar-refractivity contribution in [2.75, 3.05) is 24.3 Å². The second-order valence-corrected chi connectivity index (χ2v) is 4.23. The molecule has 2 rings (SSSR count). The van der Waals surface area contributed by atoms with Gasteiger partial charge in [-0.1, -0.05) is 0 Å². The molecule has 0 radical (unpaired) electrons. The van der Waals surface area contributed by atoms with Crippen LogP contribution in [0.15, 0.2) is 42.5 Å². The summed E-state index contributed by atoms with van der Waals surface area (Å²) in [5.74, 6) is 0.478. The van der Waals surface area contributed by atoms with Gasteiger partial charge in [0.05, 0.1) is 6.61 Å². The molecule has 0 atom stereocenters. The first-order chi connectivity index (χ1) is 9.10. The van der Waals surface area contributed by atoms with Gasteiger partial charge in [-0.05, 0) is 37.3 Å². The fourth-order valence-corrected chi connectivity index (χ4v) is 1.86. The summed E-state index contributed by atoms with van der Waals surface area (Å²) < 4.78 is 18.4. The van der Waals surface area contributed by atoms with Crippen molar-refractivity contribution in [3.05, 3.63) is 48.3 Å². The number of nitrogens with two attached hydrogens (primary N) is 1. The highest BCUT2D eigenvalue weighted by atomic mass is 19.1. The third-order valence-electron chi connectivity index (χ3n) is 2.83. The molecule has 19 heavy (non-hydrogen) atoms. The van der Waals surface area contributed by atoms with Crippen molar-refractivity contribution in [3.8, 4) is 5.75 Å². The zero-order valence-corrected chi connectivity index (χ0v) is 11.1. The topological polar surface area (TPSA) is 38.5 Å². The van der Waals surface area contributed by atoms with Gasteiger partial charge in [0.25, 0.3) is 0 Å². The summed E-state index contributed by atoms with van der Waals surface area (Å²) in [6.45, 7) is 2.51. The lowest BCUT2D eigenvalue weighted by Gasteiger charge is -2.20. The molecule has 2 N–H and O–H groups in total. The highest BCUT2D eigenvalue weighted by Crippen LogP contribution is 2.29. The molecule has 0 aliphatic rings. The van der Waals surface area contributed by atoms with Gasteiger partial charge in [-0.2, -0.15) is 0 Å². The van der Waals surface area contributed by atoms with Gasteiger partial charge < -0.3 is 15.4 Å². The van der Waals surface area contributed by atoms with E-state index in [1.807, 2.05) is 31.0 Å². The Morgan fingerprint density at radius 3 is 2.42 bits per heavy atom. The molecule has 0 amide bonds. The minimum absolute atomic E-state index is 0.250. The third kappa shape index (κ3) is 3.16. The summed E-state index contributed by atoms with van der Waals surface area (Å²) >= 11 is 0. The maximum atomic E-state index is 12.9. The Balaban J connectivity index is 2.32. The van der Waals surface area contributed by atoms with Crippen molar-refractivity contribution in [3.63, 3.8) is 0 Å². The van der Waals surface area contributed by atoms with Crippen molar-refractivity contribution in [1.82, 2.24) is 0 Å². The molecule has 0 unspecified atom stereocenters. The van der Waals surface area contributed by atoms with E-state index in [0.29, 0.717) is 12.3 Å². The van der Waals surface area contributed by atoms with Crippen molar-refractivity contribution < 1.29 is 9.13 Å². The Labute approximate surface area is 112 Å². The smallest absolute Gasteiger partial charge is 0.123 e. The van der Waals surface area contributed by atoms with Crippen LogP contribution in [0.25, 0.3) is 0 Å². The molecule has 0 heterocycles. The van der Waals surface area contributed by atoms with Gasteiger partial charge in [-0.15, -0.1) is 0 Å². The van der Waals surface area contributed by atoms with E-state index >= 15 is 0 Å². The van der Waals surface area contributed by atoms with Crippen LogP contribution in [0.2, 0.25) is 0 Å². The first kappa shape index (κ1) is 13.2. The van der Waals surface area contributed by atoms with E-state index in [1.165, 1.54) is 12.1 Å². The molecular formula is C15H17FN2O. The molecule has 2 aromatic carbocycles.